The highest BCUT2D eigenvalue weighted by molar-refractivity contribution is 7.15. The molecule has 32 heavy (non-hydrogen) atoms. The van der Waals surface area contributed by atoms with Gasteiger partial charge >= 0.3 is 0 Å². The summed E-state index contributed by atoms with van der Waals surface area (Å²) in [6.07, 6.45) is 2.71. The zero-order valence-electron chi connectivity index (χ0n) is 19.1. The molecule has 4 rings (SSSR count). The van der Waals surface area contributed by atoms with Crippen molar-refractivity contribution in [3.05, 3.63) is 28.7 Å². The number of nitrogens with one attached hydrogen (secondary N) is 1. The third-order valence-electron chi connectivity index (χ3n) is 6.11. The molecule has 4 heterocycles. The number of halogens is 1. The van der Waals surface area contributed by atoms with E-state index in [0.29, 0.717) is 23.1 Å². The number of hydrogen-bond donors (Lipinski definition) is 1. The Morgan fingerprint density at radius 2 is 2.09 bits per heavy atom. The van der Waals surface area contributed by atoms with Crippen molar-refractivity contribution in [1.29, 1.82) is 0 Å². The fraction of sp³-hybridized carbons (Fsp3) is 0.591. The van der Waals surface area contributed by atoms with Gasteiger partial charge in [0.25, 0.3) is 0 Å². The van der Waals surface area contributed by atoms with E-state index < -0.39 is 5.95 Å². The molecule has 2 aromatic heterocycles. The van der Waals surface area contributed by atoms with Crippen LogP contribution in [0, 0.1) is 12.9 Å². The summed E-state index contributed by atoms with van der Waals surface area (Å²) in [4.78, 5) is 27.0. The third kappa shape index (κ3) is 5.36. The van der Waals surface area contributed by atoms with Crippen LogP contribution in [-0.4, -0.2) is 77.6 Å². The summed E-state index contributed by atoms with van der Waals surface area (Å²) < 4.78 is 20.5. The molecule has 2 unspecified atom stereocenters. The highest BCUT2D eigenvalue weighted by atomic mass is 32.1. The van der Waals surface area contributed by atoms with Crippen LogP contribution in [0.1, 0.15) is 30.7 Å². The number of thiazole rings is 1. The fourth-order valence-electron chi connectivity index (χ4n) is 4.21. The number of hydrogen-bond acceptors (Lipinski definition) is 8. The molecule has 1 amide bonds. The summed E-state index contributed by atoms with van der Waals surface area (Å²) in [6, 6.07) is 2.36. The fourth-order valence-corrected chi connectivity index (χ4v) is 5.12. The Bertz CT molecular complexity index is 962. The molecule has 0 bridgehead atoms. The van der Waals surface area contributed by atoms with Crippen LogP contribution in [0.25, 0.3) is 0 Å². The molecule has 1 N–H and O–H groups in total. The van der Waals surface area contributed by atoms with E-state index in [9.17, 15) is 9.18 Å². The summed E-state index contributed by atoms with van der Waals surface area (Å²) in [5.74, 6) is 1.03. The minimum atomic E-state index is -0.519. The van der Waals surface area contributed by atoms with E-state index in [-0.39, 0.29) is 18.1 Å². The van der Waals surface area contributed by atoms with Gasteiger partial charge in [-0.25, -0.2) is 4.98 Å². The van der Waals surface area contributed by atoms with Crippen molar-refractivity contribution in [3.63, 3.8) is 0 Å². The number of amides is 1. The van der Waals surface area contributed by atoms with Crippen molar-refractivity contribution in [3.8, 4) is 5.75 Å². The van der Waals surface area contributed by atoms with Crippen LogP contribution in [0.3, 0.4) is 0 Å². The van der Waals surface area contributed by atoms with Crippen molar-refractivity contribution in [2.24, 2.45) is 0 Å². The average Bonchev–Trinajstić information content (AvgIpc) is 3.25. The molecule has 8 nitrogen and oxygen atoms in total. The second-order valence-corrected chi connectivity index (χ2v) is 9.85. The first-order valence-corrected chi connectivity index (χ1v) is 11.8. The Balaban J connectivity index is 1.36. The lowest BCUT2D eigenvalue weighted by Crippen LogP contribution is -2.44. The monoisotopic (exact) mass is 462 g/mol. The smallest absolute Gasteiger partial charge is 0.230 e. The number of anilines is 2. The first-order chi connectivity index (χ1) is 15.3. The number of aromatic nitrogens is 2. The SMILES string of the molecule is CC(=O)Nc1nc(F)c(CN2CC(Oc3cnc(N4CCN(C)CC4)cc3C)CC2C)s1. The van der Waals surface area contributed by atoms with Gasteiger partial charge in [0.15, 0.2) is 5.13 Å². The normalized spacial score (nSPS) is 22.3. The minimum Gasteiger partial charge on any atom is -0.487 e. The number of likely N-dealkylation sites (N-methyl/N-ethyl adjacent to an activating group) is 1. The first kappa shape index (κ1) is 22.9. The Morgan fingerprint density at radius 1 is 1.34 bits per heavy atom. The molecule has 0 saturated carbocycles. The Kier molecular flexibility index (Phi) is 6.92. The molecule has 2 aliphatic heterocycles. The van der Waals surface area contributed by atoms with Crippen LogP contribution in [0.15, 0.2) is 12.3 Å². The maximum atomic E-state index is 14.2. The molecule has 174 valence electrons. The molecule has 2 aliphatic rings. The zero-order chi connectivity index (χ0) is 22.8. The zero-order valence-corrected chi connectivity index (χ0v) is 19.9. The molecule has 10 heteroatoms. The van der Waals surface area contributed by atoms with Crippen LogP contribution in [0.2, 0.25) is 0 Å². The molecule has 2 atom stereocenters. The summed E-state index contributed by atoms with van der Waals surface area (Å²) in [5, 5.41) is 2.85. The molecule has 2 aromatic rings. The maximum Gasteiger partial charge on any atom is 0.230 e. The number of rotatable bonds is 6. The third-order valence-corrected chi connectivity index (χ3v) is 7.04. The summed E-state index contributed by atoms with van der Waals surface area (Å²) in [6.45, 7) is 10.8. The van der Waals surface area contributed by atoms with Gasteiger partial charge in [0.2, 0.25) is 11.9 Å². The average molecular weight is 463 g/mol. The van der Waals surface area contributed by atoms with E-state index in [1.165, 1.54) is 18.3 Å². The number of aryl methyl sites for hydroxylation is 1. The van der Waals surface area contributed by atoms with E-state index in [4.69, 9.17) is 4.74 Å². The molecule has 0 radical (unpaired) electrons. The highest BCUT2D eigenvalue weighted by Crippen LogP contribution is 2.30. The van der Waals surface area contributed by atoms with Crippen molar-refractivity contribution in [2.75, 3.05) is 50.0 Å². The number of ether oxygens (including phenoxy) is 1. The van der Waals surface area contributed by atoms with Gasteiger partial charge in [0.05, 0.1) is 11.1 Å². The van der Waals surface area contributed by atoms with Crippen LogP contribution in [0.4, 0.5) is 15.3 Å². The van der Waals surface area contributed by atoms with Crippen molar-refractivity contribution >= 4 is 28.2 Å². The largest absolute Gasteiger partial charge is 0.487 e. The molecular weight excluding hydrogens is 431 g/mol. The van der Waals surface area contributed by atoms with Gasteiger partial charge in [0.1, 0.15) is 17.7 Å². The van der Waals surface area contributed by atoms with E-state index >= 15 is 0 Å². The Hall–Kier alpha value is -2.30. The number of pyridine rings is 1. The van der Waals surface area contributed by atoms with Gasteiger partial charge in [-0.05, 0) is 32.5 Å². The number of likely N-dealkylation sites (tertiary alicyclic amines) is 1. The minimum absolute atomic E-state index is 0.0192. The van der Waals surface area contributed by atoms with Gasteiger partial charge in [0, 0.05) is 58.7 Å². The van der Waals surface area contributed by atoms with E-state index in [2.05, 4.69) is 56.9 Å². The standard InChI is InChI=1S/C22H31FN6O2S/c1-14-9-20(28-7-5-27(4)6-8-28)24-11-18(14)31-17-10-15(2)29(12-17)13-19-21(23)26-22(32-19)25-16(3)30/h9,11,15,17H,5-8,10,12-13H2,1-4H3,(H,25,26,30). The molecular formula is C22H31FN6O2S. The van der Waals surface area contributed by atoms with Gasteiger partial charge in [-0.15, -0.1) is 0 Å². The van der Waals surface area contributed by atoms with Crippen molar-refractivity contribution in [2.45, 2.75) is 45.9 Å². The number of piperazine rings is 1. The van der Waals surface area contributed by atoms with Gasteiger partial charge in [-0.2, -0.15) is 9.37 Å². The lowest BCUT2D eigenvalue weighted by atomic mass is 10.2. The van der Waals surface area contributed by atoms with Crippen LogP contribution in [-0.2, 0) is 11.3 Å². The topological polar surface area (TPSA) is 73.8 Å². The molecule has 0 aromatic carbocycles. The van der Waals surface area contributed by atoms with Crippen molar-refractivity contribution < 1.29 is 13.9 Å². The predicted molar refractivity (Wildman–Crippen MR) is 124 cm³/mol. The molecule has 0 aliphatic carbocycles. The van der Waals surface area contributed by atoms with E-state index in [1.807, 2.05) is 6.20 Å². The highest BCUT2D eigenvalue weighted by Gasteiger charge is 2.32. The lowest BCUT2D eigenvalue weighted by molar-refractivity contribution is -0.114. The summed E-state index contributed by atoms with van der Waals surface area (Å²) in [7, 11) is 2.14. The number of carbonyl (C=O) groups is 1. The summed E-state index contributed by atoms with van der Waals surface area (Å²) >= 11 is 1.18. The second-order valence-electron chi connectivity index (χ2n) is 8.77. The lowest BCUT2D eigenvalue weighted by Gasteiger charge is -2.33. The van der Waals surface area contributed by atoms with Gasteiger partial charge in [-0.3, -0.25) is 9.69 Å². The Morgan fingerprint density at radius 3 is 2.78 bits per heavy atom. The van der Waals surface area contributed by atoms with Crippen molar-refractivity contribution in [1.82, 2.24) is 19.8 Å². The quantitative estimate of drug-likeness (QED) is 0.708. The first-order valence-electron chi connectivity index (χ1n) is 11.0. The van der Waals surface area contributed by atoms with Crippen LogP contribution >= 0.6 is 11.3 Å². The molecule has 2 fully saturated rings. The van der Waals surface area contributed by atoms with Crippen LogP contribution in [0.5, 0.6) is 5.75 Å². The van der Waals surface area contributed by atoms with Gasteiger partial charge in [-0.1, -0.05) is 11.3 Å². The Labute approximate surface area is 192 Å². The van der Waals surface area contributed by atoms with E-state index in [0.717, 1.165) is 49.7 Å². The molecule has 2 saturated heterocycles. The molecule has 0 spiro atoms. The van der Waals surface area contributed by atoms with Crippen LogP contribution < -0.4 is 15.0 Å². The predicted octanol–water partition coefficient (Wildman–Crippen LogP) is 2.74. The van der Waals surface area contributed by atoms with Gasteiger partial charge < -0.3 is 19.9 Å². The van der Waals surface area contributed by atoms with E-state index in [1.54, 1.807) is 0 Å². The number of carbonyl (C=O) groups excluding carboxylic acids is 1. The summed E-state index contributed by atoms with van der Waals surface area (Å²) in [5.41, 5.74) is 1.08. The maximum absolute atomic E-state index is 14.2. The second kappa shape index (κ2) is 9.68. The number of nitrogens with zero attached hydrogens (tertiary/aromatic N) is 5.